The van der Waals surface area contributed by atoms with E-state index in [1.165, 1.54) is 0 Å². The molecule has 21 heavy (non-hydrogen) atoms. The van der Waals surface area contributed by atoms with Crippen LogP contribution in [0.3, 0.4) is 0 Å². The number of hydrogen-bond acceptors (Lipinski definition) is 4. The molecule has 0 aliphatic carbocycles. The molecule has 0 bridgehead atoms. The minimum absolute atomic E-state index is 0.0806. The summed E-state index contributed by atoms with van der Waals surface area (Å²) in [6.45, 7) is 8.73. The molecule has 114 valence electrons. The van der Waals surface area contributed by atoms with E-state index in [2.05, 4.69) is 6.58 Å². The van der Waals surface area contributed by atoms with Crippen LogP contribution in [0.4, 0.5) is 0 Å². The molecule has 1 unspecified atom stereocenters. The molecule has 0 fully saturated rings. The van der Waals surface area contributed by atoms with Crippen LogP contribution in [0.1, 0.15) is 31.1 Å². The normalized spacial score (nSPS) is 20.0. The van der Waals surface area contributed by atoms with Gasteiger partial charge in [-0.25, -0.2) is 0 Å². The van der Waals surface area contributed by atoms with E-state index < -0.39 is 0 Å². The van der Waals surface area contributed by atoms with Gasteiger partial charge in [0.25, 0.3) is 0 Å². The zero-order valence-corrected chi connectivity index (χ0v) is 13.3. The Morgan fingerprint density at radius 2 is 1.86 bits per heavy atom. The SMILES string of the molecule is C=C1C(=CC)COC(C)c2cc(OC)c(OC)c(OC)c21. The molecule has 0 amide bonds. The highest BCUT2D eigenvalue weighted by Crippen LogP contribution is 2.49. The van der Waals surface area contributed by atoms with Crippen LogP contribution < -0.4 is 14.2 Å². The Balaban J connectivity index is 2.80. The molecule has 1 aromatic carbocycles. The summed E-state index contributed by atoms with van der Waals surface area (Å²) in [5, 5.41) is 0. The van der Waals surface area contributed by atoms with Crippen LogP contribution in [0.5, 0.6) is 17.2 Å². The molecular formula is C17H22O4. The first-order valence-electron chi connectivity index (χ1n) is 6.88. The molecule has 2 rings (SSSR count). The Bertz CT molecular complexity index is 587. The molecule has 1 aliphatic rings. The van der Waals surface area contributed by atoms with Crippen molar-refractivity contribution in [3.63, 3.8) is 0 Å². The third-order valence-corrected chi connectivity index (χ3v) is 3.83. The zero-order valence-electron chi connectivity index (χ0n) is 13.3. The van der Waals surface area contributed by atoms with E-state index >= 15 is 0 Å². The van der Waals surface area contributed by atoms with Crippen LogP contribution in [-0.4, -0.2) is 27.9 Å². The number of methoxy groups -OCH3 is 3. The van der Waals surface area contributed by atoms with Gasteiger partial charge in [-0.05, 0) is 36.6 Å². The average Bonchev–Trinajstić information content (AvgIpc) is 2.63. The lowest BCUT2D eigenvalue weighted by atomic mass is 9.92. The van der Waals surface area contributed by atoms with Crippen LogP contribution in [0.15, 0.2) is 24.3 Å². The van der Waals surface area contributed by atoms with Crippen molar-refractivity contribution in [2.45, 2.75) is 20.0 Å². The Hall–Kier alpha value is -1.94. The summed E-state index contributed by atoms with van der Waals surface area (Å²) in [6, 6.07) is 1.94. The van der Waals surface area contributed by atoms with Crippen molar-refractivity contribution in [2.24, 2.45) is 0 Å². The quantitative estimate of drug-likeness (QED) is 0.849. The Kier molecular flexibility index (Phi) is 4.58. The largest absolute Gasteiger partial charge is 0.493 e. The molecule has 0 N–H and O–H groups in total. The van der Waals surface area contributed by atoms with Gasteiger partial charge in [-0.3, -0.25) is 0 Å². The third kappa shape index (κ3) is 2.51. The summed E-state index contributed by atoms with van der Waals surface area (Å²) in [4.78, 5) is 0. The van der Waals surface area contributed by atoms with Gasteiger partial charge in [0.15, 0.2) is 11.5 Å². The van der Waals surface area contributed by atoms with Crippen LogP contribution in [0.2, 0.25) is 0 Å². The van der Waals surface area contributed by atoms with Crippen molar-refractivity contribution in [3.8, 4) is 17.2 Å². The molecule has 1 aliphatic heterocycles. The summed E-state index contributed by atoms with van der Waals surface area (Å²) in [5.74, 6) is 1.83. The van der Waals surface area contributed by atoms with Gasteiger partial charge in [0.1, 0.15) is 0 Å². The summed E-state index contributed by atoms with van der Waals surface area (Å²) in [6.07, 6.45) is 1.93. The van der Waals surface area contributed by atoms with Gasteiger partial charge in [-0.2, -0.15) is 0 Å². The maximum absolute atomic E-state index is 5.89. The van der Waals surface area contributed by atoms with Crippen LogP contribution in [0.25, 0.3) is 5.57 Å². The molecule has 1 heterocycles. The van der Waals surface area contributed by atoms with Gasteiger partial charge in [0, 0.05) is 5.56 Å². The number of ether oxygens (including phenoxy) is 4. The molecule has 0 radical (unpaired) electrons. The van der Waals surface area contributed by atoms with Crippen LogP contribution in [0, 0.1) is 0 Å². The summed E-state index contributed by atoms with van der Waals surface area (Å²) in [5.41, 5.74) is 3.86. The van der Waals surface area contributed by atoms with Crippen LogP contribution in [-0.2, 0) is 4.74 Å². The van der Waals surface area contributed by atoms with E-state index in [0.29, 0.717) is 23.9 Å². The maximum atomic E-state index is 5.89. The fourth-order valence-corrected chi connectivity index (χ4v) is 2.62. The number of allylic oxidation sites excluding steroid dienone is 1. The highest BCUT2D eigenvalue weighted by Gasteiger charge is 2.28. The van der Waals surface area contributed by atoms with Gasteiger partial charge in [0.05, 0.1) is 34.0 Å². The summed E-state index contributed by atoms with van der Waals surface area (Å²) < 4.78 is 22.4. The number of fused-ring (bicyclic) bond motifs is 1. The van der Waals surface area contributed by atoms with Gasteiger partial charge in [-0.1, -0.05) is 12.7 Å². The first-order chi connectivity index (χ1) is 10.1. The zero-order chi connectivity index (χ0) is 15.6. The topological polar surface area (TPSA) is 36.9 Å². The van der Waals surface area contributed by atoms with Crippen molar-refractivity contribution >= 4 is 5.57 Å². The lowest BCUT2D eigenvalue weighted by Crippen LogP contribution is -2.04. The highest BCUT2D eigenvalue weighted by molar-refractivity contribution is 5.86. The molecule has 4 nitrogen and oxygen atoms in total. The first-order valence-corrected chi connectivity index (χ1v) is 6.88. The Labute approximate surface area is 126 Å². The fraction of sp³-hybridized carbons (Fsp3) is 0.412. The standard InChI is InChI=1S/C17H22O4/c1-7-12-9-21-11(3)13-8-14(18-4)16(19-5)17(20-6)15(13)10(12)2/h7-8,11H,2,9H2,1,3-6H3. The van der Waals surface area contributed by atoms with Crippen LogP contribution >= 0.6 is 0 Å². The van der Waals surface area contributed by atoms with Gasteiger partial charge < -0.3 is 18.9 Å². The minimum atomic E-state index is -0.0806. The van der Waals surface area contributed by atoms with E-state index in [4.69, 9.17) is 18.9 Å². The Morgan fingerprint density at radius 3 is 2.38 bits per heavy atom. The third-order valence-electron chi connectivity index (χ3n) is 3.83. The van der Waals surface area contributed by atoms with E-state index in [0.717, 1.165) is 22.3 Å². The smallest absolute Gasteiger partial charge is 0.203 e. The molecule has 0 saturated heterocycles. The molecule has 0 aromatic heterocycles. The van der Waals surface area contributed by atoms with E-state index in [9.17, 15) is 0 Å². The average molecular weight is 290 g/mol. The summed E-state index contributed by atoms with van der Waals surface area (Å²) >= 11 is 0. The molecule has 4 heteroatoms. The number of benzene rings is 1. The second kappa shape index (κ2) is 6.22. The Morgan fingerprint density at radius 1 is 1.19 bits per heavy atom. The minimum Gasteiger partial charge on any atom is -0.493 e. The van der Waals surface area contributed by atoms with Crippen molar-refractivity contribution in [2.75, 3.05) is 27.9 Å². The molecule has 1 aromatic rings. The maximum Gasteiger partial charge on any atom is 0.203 e. The summed E-state index contributed by atoms with van der Waals surface area (Å²) in [7, 11) is 4.83. The fourth-order valence-electron chi connectivity index (χ4n) is 2.62. The van der Waals surface area contributed by atoms with Gasteiger partial charge in [0.2, 0.25) is 5.75 Å². The van der Waals surface area contributed by atoms with E-state index in [1.807, 2.05) is 26.0 Å². The van der Waals surface area contributed by atoms with Gasteiger partial charge in [-0.15, -0.1) is 0 Å². The van der Waals surface area contributed by atoms with E-state index in [-0.39, 0.29) is 6.10 Å². The van der Waals surface area contributed by atoms with Crippen molar-refractivity contribution in [3.05, 3.63) is 35.4 Å². The predicted octanol–water partition coefficient (Wildman–Crippen LogP) is 3.76. The molecule has 1 atom stereocenters. The molecular weight excluding hydrogens is 268 g/mol. The lowest BCUT2D eigenvalue weighted by Gasteiger charge is -2.21. The first kappa shape index (κ1) is 15.4. The second-order valence-corrected chi connectivity index (χ2v) is 4.86. The van der Waals surface area contributed by atoms with Crippen molar-refractivity contribution in [1.82, 2.24) is 0 Å². The van der Waals surface area contributed by atoms with E-state index in [1.54, 1.807) is 21.3 Å². The predicted molar refractivity (Wildman–Crippen MR) is 83.3 cm³/mol. The van der Waals surface area contributed by atoms with Crippen molar-refractivity contribution in [1.29, 1.82) is 0 Å². The molecule has 0 saturated carbocycles. The second-order valence-electron chi connectivity index (χ2n) is 4.86. The highest BCUT2D eigenvalue weighted by atomic mass is 16.5. The number of rotatable bonds is 3. The number of hydrogen-bond donors (Lipinski definition) is 0. The monoisotopic (exact) mass is 290 g/mol. The van der Waals surface area contributed by atoms with Crippen molar-refractivity contribution < 1.29 is 18.9 Å². The lowest BCUT2D eigenvalue weighted by molar-refractivity contribution is 0.0872. The molecule has 0 spiro atoms. The van der Waals surface area contributed by atoms with Gasteiger partial charge >= 0.3 is 0 Å².